The van der Waals surface area contributed by atoms with Gasteiger partial charge in [-0.25, -0.2) is 0 Å². The molecular weight excluding hydrogens is 292 g/mol. The maximum absolute atomic E-state index is 12.0. The van der Waals surface area contributed by atoms with E-state index in [9.17, 15) is 4.79 Å². The van der Waals surface area contributed by atoms with Crippen molar-refractivity contribution in [3.05, 3.63) is 71.5 Å². The number of tetrazole rings is 1. The average molecular weight is 308 g/mol. The minimum atomic E-state index is -0.304. The van der Waals surface area contributed by atoms with Crippen LogP contribution in [0.4, 0.5) is 0 Å². The number of aryl methyl sites for hydroxylation is 1. The summed E-state index contributed by atoms with van der Waals surface area (Å²) in [4.78, 5) is 12.0. The molecule has 2 aromatic carbocycles. The van der Waals surface area contributed by atoms with Gasteiger partial charge in [0.25, 0.3) is 0 Å². The minimum Gasteiger partial charge on any atom is -0.457 e. The molecule has 1 aromatic heterocycles. The number of hydrogen-bond donors (Lipinski definition) is 0. The van der Waals surface area contributed by atoms with Gasteiger partial charge in [-0.05, 0) is 40.6 Å². The first-order valence-corrected chi connectivity index (χ1v) is 7.27. The smallest absolute Gasteiger partial charge is 0.310 e. The van der Waals surface area contributed by atoms with E-state index in [1.807, 2.05) is 61.5 Å². The summed E-state index contributed by atoms with van der Waals surface area (Å²) in [6.07, 6.45) is 0.236. The van der Waals surface area contributed by atoms with Gasteiger partial charge in [-0.3, -0.25) is 4.79 Å². The quantitative estimate of drug-likeness (QED) is 0.676. The standard InChI is InChI=1S/C17H16N4O2/c1-13-7-5-6-8-14(13)11-17(22)23-12-16-18-19-20-21(16)15-9-3-2-4-10-15/h2-10H,11-12H2,1H3. The highest BCUT2D eigenvalue weighted by atomic mass is 16.5. The highest BCUT2D eigenvalue weighted by molar-refractivity contribution is 5.73. The number of rotatable bonds is 5. The summed E-state index contributed by atoms with van der Waals surface area (Å²) in [7, 11) is 0. The van der Waals surface area contributed by atoms with Gasteiger partial charge >= 0.3 is 5.97 Å². The Balaban J connectivity index is 1.64. The van der Waals surface area contributed by atoms with Gasteiger partial charge in [-0.2, -0.15) is 4.68 Å². The summed E-state index contributed by atoms with van der Waals surface area (Å²) in [5, 5.41) is 11.5. The molecule has 0 unspecified atom stereocenters. The van der Waals surface area contributed by atoms with Crippen LogP contribution < -0.4 is 0 Å². The highest BCUT2D eigenvalue weighted by Crippen LogP contribution is 2.10. The molecule has 6 nitrogen and oxygen atoms in total. The highest BCUT2D eigenvalue weighted by Gasteiger charge is 2.12. The summed E-state index contributed by atoms with van der Waals surface area (Å²) in [5.74, 6) is 0.177. The number of carbonyl (C=O) groups excluding carboxylic acids is 1. The summed E-state index contributed by atoms with van der Waals surface area (Å²) in [6.45, 7) is 2.01. The zero-order chi connectivity index (χ0) is 16.1. The normalized spacial score (nSPS) is 10.5. The third-order valence-electron chi connectivity index (χ3n) is 3.49. The van der Waals surface area contributed by atoms with E-state index < -0.39 is 0 Å². The lowest BCUT2D eigenvalue weighted by atomic mass is 10.1. The Hall–Kier alpha value is -3.02. The molecule has 23 heavy (non-hydrogen) atoms. The third kappa shape index (κ3) is 3.60. The Labute approximate surface area is 133 Å². The number of ether oxygens (including phenoxy) is 1. The first-order chi connectivity index (χ1) is 11.2. The molecule has 0 bridgehead atoms. The maximum atomic E-state index is 12.0. The maximum Gasteiger partial charge on any atom is 0.310 e. The van der Waals surface area contributed by atoms with E-state index in [0.29, 0.717) is 5.82 Å². The summed E-state index contributed by atoms with van der Waals surface area (Å²) < 4.78 is 6.86. The van der Waals surface area contributed by atoms with Gasteiger partial charge in [0.1, 0.15) is 0 Å². The number of carbonyl (C=O) groups is 1. The van der Waals surface area contributed by atoms with Gasteiger partial charge in [0.2, 0.25) is 0 Å². The predicted molar refractivity (Wildman–Crippen MR) is 83.8 cm³/mol. The molecule has 6 heteroatoms. The molecule has 0 aliphatic carbocycles. The zero-order valence-corrected chi connectivity index (χ0v) is 12.7. The number of nitrogens with zero attached hydrogens (tertiary/aromatic N) is 4. The van der Waals surface area contributed by atoms with Crippen molar-refractivity contribution >= 4 is 5.97 Å². The molecule has 0 aliphatic rings. The molecule has 3 rings (SSSR count). The molecule has 0 aliphatic heterocycles. The largest absolute Gasteiger partial charge is 0.457 e. The van der Waals surface area contributed by atoms with Crippen LogP contribution in [0, 0.1) is 6.92 Å². The molecular formula is C17H16N4O2. The van der Waals surface area contributed by atoms with Gasteiger partial charge in [-0.1, -0.05) is 42.5 Å². The van der Waals surface area contributed by atoms with Crippen LogP contribution in [0.25, 0.3) is 5.69 Å². The molecule has 0 atom stereocenters. The topological polar surface area (TPSA) is 69.9 Å². The summed E-state index contributed by atoms with van der Waals surface area (Å²) in [5.41, 5.74) is 2.85. The molecule has 0 fully saturated rings. The van der Waals surface area contributed by atoms with Crippen LogP contribution >= 0.6 is 0 Å². The van der Waals surface area contributed by atoms with Crippen LogP contribution in [-0.4, -0.2) is 26.2 Å². The molecule has 0 saturated carbocycles. The SMILES string of the molecule is Cc1ccccc1CC(=O)OCc1nnnn1-c1ccccc1. The van der Waals surface area contributed by atoms with Crippen LogP contribution in [0.5, 0.6) is 0 Å². The lowest BCUT2D eigenvalue weighted by molar-refractivity contribution is -0.144. The van der Waals surface area contributed by atoms with Crippen molar-refractivity contribution in [3.8, 4) is 5.69 Å². The first-order valence-electron chi connectivity index (χ1n) is 7.27. The molecule has 0 amide bonds. The summed E-state index contributed by atoms with van der Waals surface area (Å²) >= 11 is 0. The van der Waals surface area contributed by atoms with Crippen LogP contribution in [0.3, 0.4) is 0 Å². The molecule has 0 saturated heterocycles. The van der Waals surface area contributed by atoms with Gasteiger partial charge < -0.3 is 4.74 Å². The van der Waals surface area contributed by atoms with Crippen molar-refractivity contribution in [1.29, 1.82) is 0 Å². The van der Waals surface area contributed by atoms with Crippen LogP contribution in [0.1, 0.15) is 17.0 Å². The Morgan fingerprint density at radius 3 is 2.61 bits per heavy atom. The van der Waals surface area contributed by atoms with E-state index in [1.165, 1.54) is 0 Å². The van der Waals surface area contributed by atoms with Crippen molar-refractivity contribution in [2.75, 3.05) is 0 Å². The first kappa shape index (κ1) is 14.9. The zero-order valence-electron chi connectivity index (χ0n) is 12.7. The lowest BCUT2D eigenvalue weighted by Crippen LogP contribution is -2.12. The minimum absolute atomic E-state index is 0.0343. The van der Waals surface area contributed by atoms with Crippen molar-refractivity contribution in [1.82, 2.24) is 20.2 Å². The third-order valence-corrected chi connectivity index (χ3v) is 3.49. The van der Waals surface area contributed by atoms with E-state index in [-0.39, 0.29) is 19.0 Å². The molecule has 1 heterocycles. The molecule has 116 valence electrons. The van der Waals surface area contributed by atoms with E-state index in [0.717, 1.165) is 16.8 Å². The Morgan fingerprint density at radius 1 is 1.09 bits per heavy atom. The van der Waals surface area contributed by atoms with Gasteiger partial charge in [0.05, 0.1) is 12.1 Å². The van der Waals surface area contributed by atoms with Crippen molar-refractivity contribution in [2.45, 2.75) is 20.0 Å². The van der Waals surface area contributed by atoms with Gasteiger partial charge in [0, 0.05) is 0 Å². The second-order valence-corrected chi connectivity index (χ2v) is 5.11. The van der Waals surface area contributed by atoms with E-state index in [2.05, 4.69) is 15.5 Å². The van der Waals surface area contributed by atoms with Crippen molar-refractivity contribution in [3.63, 3.8) is 0 Å². The van der Waals surface area contributed by atoms with Crippen LogP contribution in [0.2, 0.25) is 0 Å². The fourth-order valence-electron chi connectivity index (χ4n) is 2.23. The monoisotopic (exact) mass is 308 g/mol. The van der Waals surface area contributed by atoms with Crippen LogP contribution in [0.15, 0.2) is 54.6 Å². The number of esters is 1. The Morgan fingerprint density at radius 2 is 1.83 bits per heavy atom. The molecule has 0 spiro atoms. The molecule has 0 radical (unpaired) electrons. The van der Waals surface area contributed by atoms with E-state index in [1.54, 1.807) is 4.68 Å². The molecule has 3 aromatic rings. The Bertz CT molecular complexity index is 799. The second-order valence-electron chi connectivity index (χ2n) is 5.11. The number of hydrogen-bond acceptors (Lipinski definition) is 5. The number of aromatic nitrogens is 4. The van der Waals surface area contributed by atoms with Gasteiger partial charge in [-0.15, -0.1) is 5.10 Å². The van der Waals surface area contributed by atoms with Crippen molar-refractivity contribution in [2.24, 2.45) is 0 Å². The fraction of sp³-hybridized carbons (Fsp3) is 0.176. The van der Waals surface area contributed by atoms with Gasteiger partial charge in [0.15, 0.2) is 12.4 Å². The van der Waals surface area contributed by atoms with E-state index in [4.69, 9.17) is 4.74 Å². The van der Waals surface area contributed by atoms with E-state index >= 15 is 0 Å². The Kier molecular flexibility index (Phi) is 4.42. The predicted octanol–water partition coefficient (Wildman–Crippen LogP) is 2.26. The van der Waals surface area contributed by atoms with Crippen LogP contribution in [-0.2, 0) is 22.6 Å². The molecule has 0 N–H and O–H groups in total. The number of para-hydroxylation sites is 1. The lowest BCUT2D eigenvalue weighted by Gasteiger charge is -2.07. The average Bonchev–Trinajstić information content (AvgIpc) is 3.04. The number of benzene rings is 2. The fourth-order valence-corrected chi connectivity index (χ4v) is 2.23. The summed E-state index contributed by atoms with van der Waals surface area (Å²) in [6, 6.07) is 17.2. The second kappa shape index (κ2) is 6.83. The van der Waals surface area contributed by atoms with Crippen molar-refractivity contribution < 1.29 is 9.53 Å².